The van der Waals surface area contributed by atoms with Gasteiger partial charge in [0.1, 0.15) is 31.0 Å². The fourth-order valence-corrected chi connectivity index (χ4v) is 2.92. The lowest BCUT2D eigenvalue weighted by molar-refractivity contribution is -0.159. The number of carbonyl (C=O) groups is 4. The van der Waals surface area contributed by atoms with Gasteiger partial charge >= 0.3 is 24.2 Å². The molecule has 0 aliphatic heterocycles. The number of rotatable bonds is 15. The van der Waals surface area contributed by atoms with Gasteiger partial charge in [-0.05, 0) is 63.6 Å². The second-order valence-electron chi connectivity index (χ2n) is 9.62. The van der Waals surface area contributed by atoms with E-state index in [1.165, 1.54) is 12.1 Å². The van der Waals surface area contributed by atoms with Crippen molar-refractivity contribution in [2.75, 3.05) is 6.61 Å². The molecular formula is C28H43NO10. The minimum atomic E-state index is -1.06. The van der Waals surface area contributed by atoms with Crippen molar-refractivity contribution >= 4 is 24.2 Å². The summed E-state index contributed by atoms with van der Waals surface area (Å²) in [5.41, 5.74) is 6.54. The van der Waals surface area contributed by atoms with E-state index in [0.717, 1.165) is 6.42 Å². The monoisotopic (exact) mass is 553 g/mol. The number of ether oxygens (including phenoxy) is 6. The molecule has 39 heavy (non-hydrogen) atoms. The van der Waals surface area contributed by atoms with E-state index in [1.807, 2.05) is 27.7 Å². The highest BCUT2D eigenvalue weighted by atomic mass is 16.7. The van der Waals surface area contributed by atoms with Gasteiger partial charge in [0.15, 0.2) is 11.5 Å². The molecule has 0 aliphatic carbocycles. The molecule has 0 spiro atoms. The molecule has 0 saturated carbocycles. The Hall–Kier alpha value is -3.34. The number of carbonyl (C=O) groups excluding carboxylic acids is 4. The van der Waals surface area contributed by atoms with Gasteiger partial charge in [-0.2, -0.15) is 0 Å². The third-order valence-electron chi connectivity index (χ3n) is 5.91. The molecule has 0 amide bonds. The largest absolute Gasteiger partial charge is 0.514 e. The highest BCUT2D eigenvalue weighted by Gasteiger charge is 2.23. The molecule has 0 aliphatic rings. The van der Waals surface area contributed by atoms with Crippen LogP contribution >= 0.6 is 0 Å². The molecule has 220 valence electrons. The third-order valence-corrected chi connectivity index (χ3v) is 5.91. The summed E-state index contributed by atoms with van der Waals surface area (Å²) in [5, 5.41) is 0. The molecule has 0 fully saturated rings. The lowest BCUT2D eigenvalue weighted by Gasteiger charge is -2.18. The molecule has 0 radical (unpaired) electrons. The Kier molecular flexibility index (Phi) is 14.9. The summed E-state index contributed by atoms with van der Waals surface area (Å²) in [6.07, 6.45) is -1.06. The van der Waals surface area contributed by atoms with Crippen LogP contribution in [0.3, 0.4) is 0 Å². The summed E-state index contributed by atoms with van der Waals surface area (Å²) in [6, 6.07) is 3.31. The summed E-state index contributed by atoms with van der Waals surface area (Å²) < 4.78 is 31.3. The first kappa shape index (κ1) is 33.7. The first-order valence-corrected chi connectivity index (χ1v) is 13.4. The molecule has 2 N–H and O–H groups in total. The van der Waals surface area contributed by atoms with Gasteiger partial charge in [-0.3, -0.25) is 9.59 Å². The van der Waals surface area contributed by atoms with Gasteiger partial charge in [0.25, 0.3) is 0 Å². The number of esters is 2. The molecule has 0 aromatic heterocycles. The summed E-state index contributed by atoms with van der Waals surface area (Å²) in [4.78, 5) is 48.7. The molecule has 3 unspecified atom stereocenters. The Balaban J connectivity index is 2.87. The van der Waals surface area contributed by atoms with Crippen molar-refractivity contribution in [2.24, 2.45) is 11.7 Å². The molecule has 0 bridgehead atoms. The predicted octanol–water partition coefficient (Wildman–Crippen LogP) is 5.10. The van der Waals surface area contributed by atoms with Gasteiger partial charge in [0.2, 0.25) is 0 Å². The van der Waals surface area contributed by atoms with Gasteiger partial charge < -0.3 is 34.2 Å². The lowest BCUT2D eigenvalue weighted by atomic mass is 10.1. The minimum absolute atomic E-state index is 0.0215. The van der Waals surface area contributed by atoms with E-state index in [1.54, 1.807) is 26.8 Å². The van der Waals surface area contributed by atoms with Crippen LogP contribution in [0.1, 0.15) is 79.7 Å². The summed E-state index contributed by atoms with van der Waals surface area (Å²) >= 11 is 0. The molecule has 5 atom stereocenters. The second-order valence-corrected chi connectivity index (χ2v) is 9.62. The van der Waals surface area contributed by atoms with Gasteiger partial charge in [-0.25, -0.2) is 9.59 Å². The molecule has 1 aromatic carbocycles. The lowest BCUT2D eigenvalue weighted by Crippen LogP contribution is -2.37. The van der Waals surface area contributed by atoms with Crippen LogP contribution in [0.5, 0.6) is 11.5 Å². The average molecular weight is 554 g/mol. The summed E-state index contributed by atoms with van der Waals surface area (Å²) in [7, 11) is 0. The zero-order chi connectivity index (χ0) is 29.5. The quantitative estimate of drug-likeness (QED) is 0.176. The fourth-order valence-electron chi connectivity index (χ4n) is 2.92. The van der Waals surface area contributed by atoms with E-state index in [4.69, 9.17) is 34.2 Å². The normalized spacial score (nSPS) is 14.7. The number of benzene rings is 1. The highest BCUT2D eigenvalue weighted by Crippen LogP contribution is 2.30. The predicted molar refractivity (Wildman–Crippen MR) is 142 cm³/mol. The van der Waals surface area contributed by atoms with Gasteiger partial charge in [-0.15, -0.1) is 0 Å². The minimum Gasteiger partial charge on any atom is -0.462 e. The third kappa shape index (κ3) is 13.3. The Bertz CT molecular complexity index is 950. The van der Waals surface area contributed by atoms with Gasteiger partial charge in [-0.1, -0.05) is 40.2 Å². The Morgan fingerprint density at radius 2 is 1.33 bits per heavy atom. The molecule has 0 heterocycles. The van der Waals surface area contributed by atoms with Crippen LogP contribution in [0.4, 0.5) is 9.59 Å². The standard InChI is InChI=1S/C28H43NO10/c1-8-17(4)13-25(30)34-16-20(7)35-26(31)22(29)14-21-11-12-23(38-27(32)36-18(5)9-2)24(15-21)39-28(33)37-19(6)10-3/h11-12,15,17-20,22H,8-10,13-14,16,29H2,1-7H3/t17?,18?,19?,20-,22-/m0/s1. The maximum absolute atomic E-state index is 12.5. The Morgan fingerprint density at radius 1 is 0.769 bits per heavy atom. The van der Waals surface area contributed by atoms with Crippen molar-refractivity contribution < 1.29 is 47.6 Å². The van der Waals surface area contributed by atoms with Crippen LogP contribution in [-0.2, 0) is 35.0 Å². The molecule has 1 aromatic rings. The first-order chi connectivity index (χ1) is 18.4. The second kappa shape index (κ2) is 17.3. The fraction of sp³-hybridized carbons (Fsp3) is 0.643. The van der Waals surface area contributed by atoms with Crippen LogP contribution < -0.4 is 15.2 Å². The maximum atomic E-state index is 12.5. The van der Waals surface area contributed by atoms with Crippen molar-refractivity contribution in [1.82, 2.24) is 0 Å². The van der Waals surface area contributed by atoms with Crippen LogP contribution in [0.15, 0.2) is 18.2 Å². The van der Waals surface area contributed by atoms with Crippen molar-refractivity contribution in [3.05, 3.63) is 23.8 Å². The van der Waals surface area contributed by atoms with Crippen LogP contribution in [0.2, 0.25) is 0 Å². The number of hydrogen-bond acceptors (Lipinski definition) is 11. The van der Waals surface area contributed by atoms with Gasteiger partial charge in [0, 0.05) is 6.42 Å². The number of nitrogens with two attached hydrogens (primary N) is 1. The van der Waals surface area contributed by atoms with Crippen molar-refractivity contribution in [3.8, 4) is 11.5 Å². The maximum Gasteiger partial charge on any atom is 0.514 e. The van der Waals surface area contributed by atoms with Crippen molar-refractivity contribution in [3.63, 3.8) is 0 Å². The molecular weight excluding hydrogens is 510 g/mol. The van der Waals surface area contributed by atoms with Crippen LogP contribution in [0, 0.1) is 5.92 Å². The van der Waals surface area contributed by atoms with Gasteiger partial charge in [0.05, 0.1) is 0 Å². The van der Waals surface area contributed by atoms with E-state index in [-0.39, 0.29) is 48.6 Å². The Labute approximate surface area is 230 Å². The zero-order valence-electron chi connectivity index (χ0n) is 24.0. The van der Waals surface area contributed by atoms with E-state index in [0.29, 0.717) is 24.8 Å². The van der Waals surface area contributed by atoms with Crippen molar-refractivity contribution in [1.29, 1.82) is 0 Å². The molecule has 11 nitrogen and oxygen atoms in total. The average Bonchev–Trinajstić information content (AvgIpc) is 2.88. The topological polar surface area (TPSA) is 150 Å². The summed E-state index contributed by atoms with van der Waals surface area (Å²) in [5.74, 6) is -1.03. The van der Waals surface area contributed by atoms with Crippen molar-refractivity contribution in [2.45, 2.75) is 105 Å². The molecule has 0 saturated heterocycles. The van der Waals surface area contributed by atoms with E-state index in [9.17, 15) is 19.2 Å². The Morgan fingerprint density at radius 3 is 1.87 bits per heavy atom. The van der Waals surface area contributed by atoms with E-state index >= 15 is 0 Å². The molecule has 1 rings (SSSR count). The number of hydrogen-bond donors (Lipinski definition) is 1. The summed E-state index contributed by atoms with van der Waals surface area (Å²) in [6.45, 7) is 12.6. The zero-order valence-corrected chi connectivity index (χ0v) is 24.0. The van der Waals surface area contributed by atoms with E-state index < -0.39 is 30.4 Å². The smallest absolute Gasteiger partial charge is 0.462 e. The van der Waals surface area contributed by atoms with E-state index in [2.05, 4.69) is 0 Å². The van der Waals surface area contributed by atoms with Crippen LogP contribution in [-0.4, -0.2) is 55.2 Å². The SMILES string of the molecule is CCC(C)CC(=O)OC[C@H](C)OC(=O)[C@@H](N)Cc1ccc(OC(=O)OC(C)CC)c(OC(=O)OC(C)CC)c1. The highest BCUT2D eigenvalue weighted by molar-refractivity contribution is 5.76. The molecule has 11 heteroatoms. The first-order valence-electron chi connectivity index (χ1n) is 13.4. The van der Waals surface area contributed by atoms with Crippen LogP contribution in [0.25, 0.3) is 0 Å².